The average molecular weight is 318 g/mol. The molecular weight excluding hydrogens is 306 g/mol. The van der Waals surface area contributed by atoms with Gasteiger partial charge < -0.3 is 20.9 Å². The number of fused-ring (bicyclic) bond motifs is 1. The number of aliphatic carboxylic acids is 1. The van der Waals surface area contributed by atoms with Gasteiger partial charge in [-0.05, 0) is 35.9 Å². The Kier molecular flexibility index (Phi) is 3.38. The summed E-state index contributed by atoms with van der Waals surface area (Å²) in [6, 6.07) is 8.19. The molecule has 3 aromatic rings. The molecule has 0 spiro atoms. The second-order valence-corrected chi connectivity index (χ2v) is 5.30. The largest absolute Gasteiger partial charge is 0.506 e. The number of carbonyl (C=O) groups is 1. The Morgan fingerprint density at radius 2 is 2.09 bits per heavy atom. The molecule has 112 valence electrons. The lowest BCUT2D eigenvalue weighted by molar-refractivity contribution is -0.136. The van der Waals surface area contributed by atoms with Crippen LogP contribution in [-0.2, 0) is 11.2 Å². The number of nitrogens with two attached hydrogens (primary N) is 1. The van der Waals surface area contributed by atoms with Crippen molar-refractivity contribution in [3.05, 3.63) is 40.9 Å². The molecule has 2 aromatic heterocycles. The number of carboxylic acid groups (broad SMARTS) is 1. The number of hydrogen-bond donors (Lipinski definition) is 4. The van der Waals surface area contributed by atoms with Crippen molar-refractivity contribution >= 4 is 34.4 Å². The standard InChI is InChI=1S/C15H12ClN3O3/c16-9-4-7(5-14(20)21)3-8(15(9)22)11-6-12-10(18-11)1-2-13(17)19-12/h1-4,6,18,22H,5H2,(H2,17,19)(H,20,21). The van der Waals surface area contributed by atoms with E-state index in [1.165, 1.54) is 6.07 Å². The normalized spacial score (nSPS) is 11.0. The number of rotatable bonds is 3. The Morgan fingerprint density at radius 3 is 2.82 bits per heavy atom. The van der Waals surface area contributed by atoms with E-state index < -0.39 is 5.97 Å². The van der Waals surface area contributed by atoms with Crippen LogP contribution in [0.1, 0.15) is 5.56 Å². The molecule has 0 aliphatic rings. The maximum Gasteiger partial charge on any atom is 0.307 e. The smallest absolute Gasteiger partial charge is 0.307 e. The van der Waals surface area contributed by atoms with Gasteiger partial charge in [0.1, 0.15) is 11.6 Å². The SMILES string of the molecule is Nc1ccc2[nH]c(-c3cc(CC(=O)O)cc(Cl)c3O)cc2n1. The first-order chi connectivity index (χ1) is 10.4. The first-order valence-corrected chi connectivity index (χ1v) is 6.80. The number of pyridine rings is 1. The minimum absolute atomic E-state index is 0.0971. The summed E-state index contributed by atoms with van der Waals surface area (Å²) < 4.78 is 0. The Balaban J connectivity index is 2.16. The Bertz CT molecular complexity index is 889. The van der Waals surface area contributed by atoms with Gasteiger partial charge in [0, 0.05) is 5.56 Å². The van der Waals surface area contributed by atoms with Crippen molar-refractivity contribution in [3.63, 3.8) is 0 Å². The Morgan fingerprint density at radius 1 is 1.32 bits per heavy atom. The van der Waals surface area contributed by atoms with E-state index in [-0.39, 0.29) is 17.2 Å². The molecule has 0 fully saturated rings. The van der Waals surface area contributed by atoms with Crippen LogP contribution in [0.4, 0.5) is 5.82 Å². The molecule has 1 aromatic carbocycles. The highest BCUT2D eigenvalue weighted by molar-refractivity contribution is 6.32. The number of nitrogens with one attached hydrogen (secondary N) is 1. The van der Waals surface area contributed by atoms with Gasteiger partial charge in [-0.1, -0.05) is 11.6 Å². The van der Waals surface area contributed by atoms with Crippen LogP contribution in [-0.4, -0.2) is 26.2 Å². The third-order valence-corrected chi connectivity index (χ3v) is 3.55. The lowest BCUT2D eigenvalue weighted by Crippen LogP contribution is -2.00. The van der Waals surface area contributed by atoms with Crippen LogP contribution in [0, 0.1) is 0 Å². The Hall–Kier alpha value is -2.73. The summed E-state index contributed by atoms with van der Waals surface area (Å²) >= 11 is 5.98. The first-order valence-electron chi connectivity index (χ1n) is 6.43. The van der Waals surface area contributed by atoms with Crippen LogP contribution >= 0.6 is 11.6 Å². The van der Waals surface area contributed by atoms with E-state index in [0.717, 1.165) is 5.52 Å². The molecule has 22 heavy (non-hydrogen) atoms. The topological polar surface area (TPSA) is 112 Å². The zero-order valence-electron chi connectivity index (χ0n) is 11.3. The molecule has 2 heterocycles. The molecule has 0 aliphatic heterocycles. The van der Waals surface area contributed by atoms with Crippen LogP contribution in [0.2, 0.25) is 5.02 Å². The number of benzene rings is 1. The molecular formula is C15H12ClN3O3. The minimum atomic E-state index is -0.973. The van der Waals surface area contributed by atoms with Crippen molar-refractivity contribution < 1.29 is 15.0 Å². The van der Waals surface area contributed by atoms with E-state index >= 15 is 0 Å². The van der Waals surface area contributed by atoms with Crippen LogP contribution in [0.5, 0.6) is 5.75 Å². The first kappa shape index (κ1) is 14.2. The third kappa shape index (κ3) is 2.56. The van der Waals surface area contributed by atoms with Gasteiger partial charge in [-0.25, -0.2) is 4.98 Å². The number of nitrogen functional groups attached to an aromatic ring is 1. The molecule has 0 saturated carbocycles. The van der Waals surface area contributed by atoms with Crippen LogP contribution in [0.3, 0.4) is 0 Å². The fourth-order valence-corrected chi connectivity index (χ4v) is 2.55. The van der Waals surface area contributed by atoms with Gasteiger partial charge in [-0.3, -0.25) is 4.79 Å². The number of H-pyrrole nitrogens is 1. The summed E-state index contributed by atoms with van der Waals surface area (Å²) in [7, 11) is 0. The van der Waals surface area contributed by atoms with Crippen molar-refractivity contribution in [3.8, 4) is 17.0 Å². The number of halogens is 1. The van der Waals surface area contributed by atoms with Gasteiger partial charge in [0.2, 0.25) is 0 Å². The molecule has 0 unspecified atom stereocenters. The highest BCUT2D eigenvalue weighted by atomic mass is 35.5. The molecule has 0 radical (unpaired) electrons. The van der Waals surface area contributed by atoms with Gasteiger partial charge in [0.25, 0.3) is 0 Å². The van der Waals surface area contributed by atoms with Gasteiger partial charge in [-0.2, -0.15) is 0 Å². The average Bonchev–Trinajstić information content (AvgIpc) is 2.84. The number of aromatic hydroxyl groups is 1. The number of nitrogens with zero attached hydrogens (tertiary/aromatic N) is 1. The minimum Gasteiger partial charge on any atom is -0.506 e. The van der Waals surface area contributed by atoms with Gasteiger partial charge in [0.05, 0.1) is 28.2 Å². The summed E-state index contributed by atoms with van der Waals surface area (Å²) in [5.74, 6) is -0.700. The summed E-state index contributed by atoms with van der Waals surface area (Å²) in [6.07, 6.45) is -0.182. The van der Waals surface area contributed by atoms with Crippen molar-refractivity contribution in [2.24, 2.45) is 0 Å². The van der Waals surface area contributed by atoms with E-state index in [1.54, 1.807) is 24.3 Å². The third-order valence-electron chi connectivity index (χ3n) is 3.27. The van der Waals surface area contributed by atoms with Crippen molar-refractivity contribution in [1.29, 1.82) is 0 Å². The number of hydrogen-bond acceptors (Lipinski definition) is 4. The van der Waals surface area contributed by atoms with Crippen molar-refractivity contribution in [1.82, 2.24) is 9.97 Å². The van der Waals surface area contributed by atoms with Gasteiger partial charge in [-0.15, -0.1) is 0 Å². The second-order valence-electron chi connectivity index (χ2n) is 4.90. The molecule has 0 aliphatic carbocycles. The van der Waals surface area contributed by atoms with E-state index in [1.807, 2.05) is 0 Å². The predicted octanol–water partition coefficient (Wildman–Crippen LogP) is 2.80. The fraction of sp³-hybridized carbons (Fsp3) is 0.0667. The van der Waals surface area contributed by atoms with Crippen molar-refractivity contribution in [2.45, 2.75) is 6.42 Å². The summed E-state index contributed by atoms with van der Waals surface area (Å²) in [5.41, 5.74) is 8.54. The van der Waals surface area contributed by atoms with E-state index in [9.17, 15) is 9.90 Å². The molecule has 5 N–H and O–H groups in total. The number of phenols is 1. The number of anilines is 1. The highest BCUT2D eigenvalue weighted by Crippen LogP contribution is 2.37. The van der Waals surface area contributed by atoms with Crippen LogP contribution in [0.15, 0.2) is 30.3 Å². The lowest BCUT2D eigenvalue weighted by atomic mass is 10.0. The van der Waals surface area contributed by atoms with Gasteiger partial charge in [0.15, 0.2) is 0 Å². The number of aromatic amines is 1. The van der Waals surface area contributed by atoms with Crippen LogP contribution < -0.4 is 5.73 Å². The van der Waals surface area contributed by atoms with E-state index in [0.29, 0.717) is 28.2 Å². The number of phenolic OH excluding ortho intramolecular Hbond substituents is 1. The van der Waals surface area contributed by atoms with E-state index in [2.05, 4.69) is 9.97 Å². The summed E-state index contributed by atoms with van der Waals surface area (Å²) in [6.45, 7) is 0. The fourth-order valence-electron chi connectivity index (χ4n) is 2.31. The maximum atomic E-state index is 10.9. The molecule has 0 bridgehead atoms. The second kappa shape index (κ2) is 5.23. The van der Waals surface area contributed by atoms with Crippen LogP contribution in [0.25, 0.3) is 22.3 Å². The Labute approximate surface area is 130 Å². The summed E-state index contributed by atoms with van der Waals surface area (Å²) in [4.78, 5) is 18.1. The predicted molar refractivity (Wildman–Crippen MR) is 84.0 cm³/mol. The monoisotopic (exact) mass is 317 g/mol. The van der Waals surface area contributed by atoms with Crippen molar-refractivity contribution in [2.75, 3.05) is 5.73 Å². The molecule has 3 rings (SSSR count). The number of aromatic nitrogens is 2. The summed E-state index contributed by atoms with van der Waals surface area (Å²) in [5, 5.41) is 19.1. The molecule has 0 saturated heterocycles. The quantitative estimate of drug-likeness (QED) is 0.593. The maximum absolute atomic E-state index is 10.9. The zero-order valence-corrected chi connectivity index (χ0v) is 12.1. The van der Waals surface area contributed by atoms with Gasteiger partial charge >= 0.3 is 5.97 Å². The zero-order chi connectivity index (χ0) is 15.9. The molecule has 7 heteroatoms. The van der Waals surface area contributed by atoms with E-state index in [4.69, 9.17) is 22.4 Å². The molecule has 0 amide bonds. The lowest BCUT2D eigenvalue weighted by Gasteiger charge is -2.07. The molecule has 0 atom stereocenters. The highest BCUT2D eigenvalue weighted by Gasteiger charge is 2.14. The molecule has 6 nitrogen and oxygen atoms in total. The number of carboxylic acids is 1.